The first-order chi connectivity index (χ1) is 8.81. The summed E-state index contributed by atoms with van der Waals surface area (Å²) in [4.78, 5) is 11.8. The molecular formula is C14H19N3O. The number of nitrogens with zero attached hydrogens (tertiary/aromatic N) is 2. The van der Waals surface area contributed by atoms with Gasteiger partial charge in [0.1, 0.15) is 0 Å². The number of unbranched alkanes of at least 4 members (excludes halogenated alkanes) is 1. The zero-order chi connectivity index (χ0) is 12.8. The van der Waals surface area contributed by atoms with Crippen molar-refractivity contribution >= 4 is 11.6 Å². The summed E-state index contributed by atoms with van der Waals surface area (Å²) < 4.78 is 0. The van der Waals surface area contributed by atoms with E-state index in [0.717, 1.165) is 30.5 Å². The summed E-state index contributed by atoms with van der Waals surface area (Å²) in [5, 5.41) is 6.06. The predicted octanol–water partition coefficient (Wildman–Crippen LogP) is 1.75. The van der Waals surface area contributed by atoms with E-state index in [1.54, 1.807) is 5.01 Å². The fraction of sp³-hybridized carbons (Fsp3) is 0.429. The first-order valence-electron chi connectivity index (χ1n) is 6.44. The van der Waals surface area contributed by atoms with Crippen molar-refractivity contribution in [3.05, 3.63) is 35.9 Å². The summed E-state index contributed by atoms with van der Waals surface area (Å²) >= 11 is 0. The van der Waals surface area contributed by atoms with Gasteiger partial charge in [0, 0.05) is 19.4 Å². The van der Waals surface area contributed by atoms with Crippen molar-refractivity contribution in [2.75, 3.05) is 13.1 Å². The number of carbonyl (C=O) groups excluding carboxylic acids is 1. The number of benzene rings is 1. The quantitative estimate of drug-likeness (QED) is 0.803. The van der Waals surface area contributed by atoms with E-state index in [1.807, 2.05) is 30.3 Å². The van der Waals surface area contributed by atoms with E-state index in [1.165, 1.54) is 0 Å². The van der Waals surface area contributed by atoms with Gasteiger partial charge in [0.25, 0.3) is 0 Å². The molecule has 1 aliphatic heterocycles. The molecule has 0 aliphatic carbocycles. The van der Waals surface area contributed by atoms with Crippen molar-refractivity contribution in [2.24, 2.45) is 10.8 Å². The Bertz CT molecular complexity index is 428. The highest BCUT2D eigenvalue weighted by Gasteiger charge is 2.20. The molecule has 0 aromatic heterocycles. The Morgan fingerprint density at radius 2 is 1.94 bits per heavy atom. The molecule has 0 saturated carbocycles. The largest absolute Gasteiger partial charge is 0.330 e. The maximum atomic E-state index is 11.8. The SMILES string of the molecule is NCCCCN1N=C(c2ccccc2)CCC1=O. The average Bonchev–Trinajstić information content (AvgIpc) is 2.42. The van der Waals surface area contributed by atoms with Gasteiger partial charge in [-0.25, -0.2) is 5.01 Å². The molecule has 0 bridgehead atoms. The third-order valence-corrected chi connectivity index (χ3v) is 3.04. The lowest BCUT2D eigenvalue weighted by molar-refractivity contribution is -0.131. The first kappa shape index (κ1) is 12.8. The van der Waals surface area contributed by atoms with E-state index >= 15 is 0 Å². The number of hydrazone groups is 1. The summed E-state index contributed by atoms with van der Waals surface area (Å²) in [6.45, 7) is 1.34. The Balaban J connectivity index is 2.07. The van der Waals surface area contributed by atoms with Crippen LogP contribution >= 0.6 is 0 Å². The van der Waals surface area contributed by atoms with Gasteiger partial charge in [0.15, 0.2) is 0 Å². The molecule has 4 heteroatoms. The second kappa shape index (κ2) is 6.31. The van der Waals surface area contributed by atoms with Gasteiger partial charge in [-0.1, -0.05) is 30.3 Å². The molecule has 1 aromatic carbocycles. The van der Waals surface area contributed by atoms with Gasteiger partial charge in [0.2, 0.25) is 5.91 Å². The number of nitrogens with two attached hydrogens (primary N) is 1. The maximum Gasteiger partial charge on any atom is 0.243 e. The Labute approximate surface area is 107 Å². The van der Waals surface area contributed by atoms with E-state index in [9.17, 15) is 4.79 Å². The van der Waals surface area contributed by atoms with Crippen LogP contribution in [0.2, 0.25) is 0 Å². The van der Waals surface area contributed by atoms with E-state index in [2.05, 4.69) is 5.10 Å². The van der Waals surface area contributed by atoms with Crippen molar-refractivity contribution in [3.8, 4) is 0 Å². The van der Waals surface area contributed by atoms with Gasteiger partial charge in [0.05, 0.1) is 5.71 Å². The molecule has 1 heterocycles. The van der Waals surface area contributed by atoms with Crippen LogP contribution in [0.15, 0.2) is 35.4 Å². The van der Waals surface area contributed by atoms with Crippen LogP contribution in [0.25, 0.3) is 0 Å². The molecule has 1 aromatic rings. The molecule has 0 fully saturated rings. The molecule has 0 unspecified atom stereocenters. The van der Waals surface area contributed by atoms with Gasteiger partial charge in [-0.3, -0.25) is 4.79 Å². The zero-order valence-corrected chi connectivity index (χ0v) is 10.5. The summed E-state index contributed by atoms with van der Waals surface area (Å²) in [6.07, 6.45) is 3.13. The molecule has 2 N–H and O–H groups in total. The van der Waals surface area contributed by atoms with E-state index in [0.29, 0.717) is 19.5 Å². The van der Waals surface area contributed by atoms with Crippen LogP contribution in [0.1, 0.15) is 31.2 Å². The van der Waals surface area contributed by atoms with Crippen molar-refractivity contribution in [2.45, 2.75) is 25.7 Å². The van der Waals surface area contributed by atoms with Crippen LogP contribution in [0, 0.1) is 0 Å². The van der Waals surface area contributed by atoms with Crippen molar-refractivity contribution in [1.29, 1.82) is 0 Å². The van der Waals surface area contributed by atoms with Gasteiger partial charge in [-0.2, -0.15) is 5.10 Å². The lowest BCUT2D eigenvalue weighted by atomic mass is 10.0. The van der Waals surface area contributed by atoms with E-state index in [-0.39, 0.29) is 5.91 Å². The highest BCUT2D eigenvalue weighted by atomic mass is 16.2. The Morgan fingerprint density at radius 1 is 1.17 bits per heavy atom. The topological polar surface area (TPSA) is 58.7 Å². The monoisotopic (exact) mass is 245 g/mol. The number of hydrogen-bond donors (Lipinski definition) is 1. The molecule has 0 atom stereocenters. The van der Waals surface area contributed by atoms with Crippen molar-refractivity contribution in [3.63, 3.8) is 0 Å². The molecule has 4 nitrogen and oxygen atoms in total. The summed E-state index contributed by atoms with van der Waals surface area (Å²) in [5.74, 6) is 0.117. The minimum absolute atomic E-state index is 0.117. The Kier molecular flexibility index (Phi) is 4.47. The molecule has 18 heavy (non-hydrogen) atoms. The summed E-state index contributed by atoms with van der Waals surface area (Å²) in [7, 11) is 0. The van der Waals surface area contributed by atoms with Gasteiger partial charge in [-0.05, 0) is 24.9 Å². The van der Waals surface area contributed by atoms with Crippen LogP contribution in [0.5, 0.6) is 0 Å². The van der Waals surface area contributed by atoms with Gasteiger partial charge >= 0.3 is 0 Å². The third-order valence-electron chi connectivity index (χ3n) is 3.04. The van der Waals surface area contributed by atoms with E-state index < -0.39 is 0 Å². The van der Waals surface area contributed by atoms with Gasteiger partial charge in [-0.15, -0.1) is 0 Å². The highest BCUT2D eigenvalue weighted by molar-refractivity contribution is 6.04. The molecule has 0 saturated heterocycles. The minimum Gasteiger partial charge on any atom is -0.330 e. The number of amides is 1. The molecule has 2 rings (SSSR count). The summed E-state index contributed by atoms with van der Waals surface area (Å²) in [6, 6.07) is 10.0. The van der Waals surface area contributed by atoms with Gasteiger partial charge < -0.3 is 5.73 Å². The maximum absolute atomic E-state index is 11.8. The lowest BCUT2D eigenvalue weighted by Gasteiger charge is -2.23. The van der Waals surface area contributed by atoms with Crippen molar-refractivity contribution < 1.29 is 4.79 Å². The fourth-order valence-corrected chi connectivity index (χ4v) is 2.02. The predicted molar refractivity (Wildman–Crippen MR) is 72.2 cm³/mol. The second-order valence-electron chi connectivity index (χ2n) is 4.43. The number of rotatable bonds is 5. The fourth-order valence-electron chi connectivity index (χ4n) is 2.02. The van der Waals surface area contributed by atoms with Crippen LogP contribution in [0.4, 0.5) is 0 Å². The first-order valence-corrected chi connectivity index (χ1v) is 6.44. The Hall–Kier alpha value is -1.68. The molecule has 96 valence electrons. The second-order valence-corrected chi connectivity index (χ2v) is 4.43. The molecule has 1 amide bonds. The highest BCUT2D eigenvalue weighted by Crippen LogP contribution is 2.15. The minimum atomic E-state index is 0.117. The standard InChI is InChI=1S/C14H19N3O/c15-10-4-5-11-17-14(18)9-8-13(16-17)12-6-2-1-3-7-12/h1-3,6-7H,4-5,8-11,15H2. The van der Waals surface area contributed by atoms with Crippen LogP contribution in [-0.2, 0) is 4.79 Å². The van der Waals surface area contributed by atoms with Crippen LogP contribution in [-0.4, -0.2) is 29.7 Å². The van der Waals surface area contributed by atoms with Crippen LogP contribution in [0.3, 0.4) is 0 Å². The smallest absolute Gasteiger partial charge is 0.243 e. The molecule has 0 radical (unpaired) electrons. The third kappa shape index (κ3) is 3.17. The van der Waals surface area contributed by atoms with Crippen molar-refractivity contribution in [1.82, 2.24) is 5.01 Å². The number of carbonyl (C=O) groups is 1. The summed E-state index contributed by atoms with van der Waals surface area (Å²) in [5.41, 5.74) is 7.57. The normalized spacial score (nSPS) is 15.7. The average molecular weight is 245 g/mol. The molecule has 1 aliphatic rings. The van der Waals surface area contributed by atoms with Crippen LogP contribution < -0.4 is 5.73 Å². The van der Waals surface area contributed by atoms with E-state index in [4.69, 9.17) is 5.73 Å². The zero-order valence-electron chi connectivity index (χ0n) is 10.5. The Morgan fingerprint density at radius 3 is 2.67 bits per heavy atom. The molecular weight excluding hydrogens is 226 g/mol. The lowest BCUT2D eigenvalue weighted by Crippen LogP contribution is -2.32. The number of hydrogen-bond acceptors (Lipinski definition) is 3. The molecule has 0 spiro atoms.